The first-order valence-corrected chi connectivity index (χ1v) is 7.29. The minimum atomic E-state index is -0.185. The molecule has 116 valence electrons. The number of hydrogen-bond acceptors (Lipinski definition) is 6. The minimum absolute atomic E-state index is 0.0753. The highest BCUT2D eigenvalue weighted by Gasteiger charge is 2.38. The Balaban J connectivity index is 1.56. The number of aromatic nitrogens is 5. The molecule has 8 nitrogen and oxygen atoms in total. The summed E-state index contributed by atoms with van der Waals surface area (Å²) in [5.41, 5.74) is 2.11. The summed E-state index contributed by atoms with van der Waals surface area (Å²) in [6.45, 7) is 2.49. The third-order valence-electron chi connectivity index (χ3n) is 3.99. The molecule has 0 unspecified atom stereocenters. The van der Waals surface area contributed by atoms with Crippen LogP contribution in [0.5, 0.6) is 0 Å². The lowest BCUT2D eigenvalue weighted by Gasteiger charge is -2.38. The first-order valence-electron chi connectivity index (χ1n) is 7.29. The molecule has 1 atom stereocenters. The van der Waals surface area contributed by atoms with Gasteiger partial charge in [-0.05, 0) is 25.5 Å². The predicted molar refractivity (Wildman–Crippen MR) is 79.2 cm³/mol. The second-order valence-corrected chi connectivity index (χ2v) is 5.41. The van der Waals surface area contributed by atoms with Gasteiger partial charge in [-0.3, -0.25) is 14.9 Å². The zero-order valence-electron chi connectivity index (χ0n) is 12.4. The number of rotatable bonds is 3. The van der Waals surface area contributed by atoms with E-state index in [1.807, 2.05) is 19.1 Å². The topological polar surface area (TPSA) is 101 Å². The van der Waals surface area contributed by atoms with Crippen molar-refractivity contribution in [2.45, 2.75) is 19.4 Å². The number of carbonyl (C=O) groups is 1. The van der Waals surface area contributed by atoms with Crippen LogP contribution in [0, 0.1) is 6.92 Å². The molecule has 1 amide bonds. The van der Waals surface area contributed by atoms with Crippen molar-refractivity contribution in [1.82, 2.24) is 30.2 Å². The summed E-state index contributed by atoms with van der Waals surface area (Å²) in [5.74, 6) is 0.852. The molecule has 4 heterocycles. The smallest absolute Gasteiger partial charge is 0.257 e. The summed E-state index contributed by atoms with van der Waals surface area (Å²) in [7, 11) is 0. The summed E-state index contributed by atoms with van der Waals surface area (Å²) < 4.78 is 5.34. The molecule has 0 aromatic carbocycles. The van der Waals surface area contributed by atoms with Gasteiger partial charge in [0.1, 0.15) is 6.04 Å². The maximum absolute atomic E-state index is 12.5. The van der Waals surface area contributed by atoms with Crippen molar-refractivity contribution < 1.29 is 9.32 Å². The van der Waals surface area contributed by atoms with Gasteiger partial charge in [-0.2, -0.15) is 10.1 Å². The van der Waals surface area contributed by atoms with Crippen molar-refractivity contribution in [3.05, 3.63) is 47.9 Å². The van der Waals surface area contributed by atoms with Gasteiger partial charge in [0, 0.05) is 30.2 Å². The van der Waals surface area contributed by atoms with Crippen LogP contribution in [0.4, 0.5) is 0 Å². The normalized spacial score (nSPS) is 17.1. The molecule has 0 saturated carbocycles. The number of nitrogens with one attached hydrogen (secondary N) is 1. The third kappa shape index (κ3) is 2.28. The van der Waals surface area contributed by atoms with Crippen LogP contribution in [0.2, 0.25) is 0 Å². The summed E-state index contributed by atoms with van der Waals surface area (Å²) in [6, 6.07) is 3.49. The Hall–Kier alpha value is -3.03. The predicted octanol–water partition coefficient (Wildman–Crippen LogP) is 1.75. The fourth-order valence-electron chi connectivity index (χ4n) is 2.59. The Bertz CT molecular complexity index is 841. The molecule has 23 heavy (non-hydrogen) atoms. The van der Waals surface area contributed by atoms with Crippen molar-refractivity contribution in [3.63, 3.8) is 0 Å². The van der Waals surface area contributed by atoms with Gasteiger partial charge in [-0.15, -0.1) is 0 Å². The van der Waals surface area contributed by atoms with E-state index in [0.29, 0.717) is 23.8 Å². The maximum atomic E-state index is 12.5. The lowest BCUT2D eigenvalue weighted by molar-refractivity contribution is 0.0378. The standard InChI is InChI=1S/C15H14N6O2/c1-9-11(8-17-19-9)15(22)21-6-4-12(21)14-18-13(20-23-14)10-3-2-5-16-7-10/h2-3,5,7-8,12H,4,6H2,1H3,(H,17,19)/t12-/m0/s1. The molecular formula is C15H14N6O2. The van der Waals surface area contributed by atoms with E-state index in [4.69, 9.17) is 4.52 Å². The Morgan fingerprint density at radius 1 is 1.43 bits per heavy atom. The molecule has 0 bridgehead atoms. The summed E-state index contributed by atoms with van der Waals surface area (Å²) in [5, 5.41) is 10.7. The third-order valence-corrected chi connectivity index (χ3v) is 3.99. The van der Waals surface area contributed by atoms with Crippen molar-refractivity contribution in [1.29, 1.82) is 0 Å². The average Bonchev–Trinajstić information content (AvgIpc) is 3.16. The van der Waals surface area contributed by atoms with Gasteiger partial charge in [-0.25, -0.2) is 0 Å². The number of aromatic amines is 1. The van der Waals surface area contributed by atoms with Crippen molar-refractivity contribution >= 4 is 5.91 Å². The minimum Gasteiger partial charge on any atom is -0.337 e. The monoisotopic (exact) mass is 310 g/mol. The Morgan fingerprint density at radius 3 is 3.00 bits per heavy atom. The van der Waals surface area contributed by atoms with Crippen LogP contribution in [0.25, 0.3) is 11.4 Å². The van der Waals surface area contributed by atoms with Gasteiger partial charge in [0.25, 0.3) is 5.91 Å². The van der Waals surface area contributed by atoms with Crippen LogP contribution in [0.1, 0.15) is 34.4 Å². The highest BCUT2D eigenvalue weighted by Crippen LogP contribution is 2.34. The summed E-state index contributed by atoms with van der Waals surface area (Å²) in [4.78, 5) is 22.7. The van der Waals surface area contributed by atoms with Crippen LogP contribution in [0.3, 0.4) is 0 Å². The molecule has 4 rings (SSSR count). The van der Waals surface area contributed by atoms with Crippen LogP contribution in [0.15, 0.2) is 35.2 Å². The van der Waals surface area contributed by atoms with E-state index in [-0.39, 0.29) is 11.9 Å². The van der Waals surface area contributed by atoms with E-state index in [1.54, 1.807) is 23.5 Å². The molecule has 1 aliphatic heterocycles. The first-order chi connectivity index (χ1) is 11.2. The molecule has 8 heteroatoms. The van der Waals surface area contributed by atoms with Crippen molar-refractivity contribution in [2.75, 3.05) is 6.54 Å². The second-order valence-electron chi connectivity index (χ2n) is 5.41. The van der Waals surface area contributed by atoms with E-state index >= 15 is 0 Å². The van der Waals surface area contributed by atoms with Gasteiger partial charge < -0.3 is 9.42 Å². The lowest BCUT2D eigenvalue weighted by atomic mass is 10.0. The Morgan fingerprint density at radius 2 is 2.35 bits per heavy atom. The molecule has 1 fully saturated rings. The number of likely N-dealkylation sites (tertiary alicyclic amines) is 1. The number of carbonyl (C=O) groups excluding carboxylic acids is 1. The first kappa shape index (κ1) is 13.6. The van der Waals surface area contributed by atoms with E-state index in [1.165, 1.54) is 0 Å². The number of nitrogens with zero attached hydrogens (tertiary/aromatic N) is 5. The van der Waals surface area contributed by atoms with E-state index < -0.39 is 0 Å². The summed E-state index contributed by atoms with van der Waals surface area (Å²) in [6.07, 6.45) is 5.70. The number of amides is 1. The SMILES string of the molecule is Cc1[nH]ncc1C(=O)N1CC[C@H]1c1nc(-c2cccnc2)no1. The average molecular weight is 310 g/mol. The van der Waals surface area contributed by atoms with Crippen LogP contribution in [-0.2, 0) is 0 Å². The lowest BCUT2D eigenvalue weighted by Crippen LogP contribution is -2.45. The zero-order valence-corrected chi connectivity index (χ0v) is 12.4. The fraction of sp³-hybridized carbons (Fsp3) is 0.267. The van der Waals surface area contributed by atoms with Crippen molar-refractivity contribution in [2.24, 2.45) is 0 Å². The fourth-order valence-corrected chi connectivity index (χ4v) is 2.59. The van der Waals surface area contributed by atoms with Gasteiger partial charge >= 0.3 is 0 Å². The zero-order chi connectivity index (χ0) is 15.8. The van der Waals surface area contributed by atoms with E-state index in [9.17, 15) is 4.79 Å². The molecule has 3 aromatic heterocycles. The maximum Gasteiger partial charge on any atom is 0.257 e. The molecule has 0 aliphatic carbocycles. The molecule has 1 saturated heterocycles. The van der Waals surface area contributed by atoms with Gasteiger partial charge in [0.2, 0.25) is 11.7 Å². The molecule has 0 spiro atoms. The van der Waals surface area contributed by atoms with Crippen LogP contribution < -0.4 is 0 Å². The molecular weight excluding hydrogens is 296 g/mol. The van der Waals surface area contributed by atoms with E-state index in [2.05, 4.69) is 25.3 Å². The van der Waals surface area contributed by atoms with Gasteiger partial charge in [0.05, 0.1) is 11.8 Å². The number of hydrogen-bond donors (Lipinski definition) is 1. The van der Waals surface area contributed by atoms with Crippen LogP contribution in [-0.4, -0.2) is 42.7 Å². The second kappa shape index (κ2) is 5.31. The van der Waals surface area contributed by atoms with Gasteiger partial charge in [-0.1, -0.05) is 5.16 Å². The molecule has 3 aromatic rings. The van der Waals surface area contributed by atoms with Gasteiger partial charge in [0.15, 0.2) is 0 Å². The largest absolute Gasteiger partial charge is 0.337 e. The quantitative estimate of drug-likeness (QED) is 0.791. The Kier molecular flexibility index (Phi) is 3.14. The molecule has 1 N–H and O–H groups in total. The van der Waals surface area contributed by atoms with Crippen molar-refractivity contribution in [3.8, 4) is 11.4 Å². The van der Waals surface area contributed by atoms with E-state index in [0.717, 1.165) is 17.7 Å². The molecule has 0 radical (unpaired) electrons. The summed E-state index contributed by atoms with van der Waals surface area (Å²) >= 11 is 0. The highest BCUT2D eigenvalue weighted by atomic mass is 16.5. The van der Waals surface area contributed by atoms with Crippen LogP contribution >= 0.6 is 0 Å². The Labute approximate surface area is 131 Å². The number of pyridine rings is 1. The highest BCUT2D eigenvalue weighted by molar-refractivity contribution is 5.95. The number of aryl methyl sites for hydroxylation is 1. The number of H-pyrrole nitrogens is 1. The molecule has 1 aliphatic rings.